The van der Waals surface area contributed by atoms with Gasteiger partial charge in [-0.2, -0.15) is 0 Å². The van der Waals surface area contributed by atoms with Gasteiger partial charge < -0.3 is 8.98 Å². The minimum atomic E-state index is 0.647. The average Bonchev–Trinajstić information content (AvgIpc) is 1.57. The topological polar surface area (TPSA) is 110 Å². The van der Waals surface area contributed by atoms with Crippen LogP contribution in [0.5, 0.6) is 0 Å². The second-order valence-corrected chi connectivity index (χ2v) is 37.0. The number of fused-ring (bicyclic) bond motifs is 30. The maximum Gasteiger partial charge on any atom is 0.235 e. The minimum Gasteiger partial charge on any atom is -0.456 e. The zero-order valence-corrected chi connectivity index (χ0v) is 74.8. The molecule has 0 aliphatic heterocycles. The Morgan fingerprint density at radius 1 is 0.174 bits per heavy atom. The van der Waals surface area contributed by atoms with Crippen molar-refractivity contribution in [2.45, 2.75) is 0 Å². The molecule has 0 unspecified atom stereocenters. The zero-order chi connectivity index (χ0) is 90.3. The van der Waals surface area contributed by atoms with Gasteiger partial charge >= 0.3 is 0 Å². The molecule has 0 spiro atoms. The summed E-state index contributed by atoms with van der Waals surface area (Å²) in [6.07, 6.45) is 0. The molecule has 0 atom stereocenters. The number of hydrogen-bond acceptors (Lipinski definition) is 8. The van der Waals surface area contributed by atoms with E-state index in [9.17, 15) is 0 Å². The number of benzene rings is 22. The molecule has 12 heteroatoms. The highest BCUT2D eigenvalue weighted by Gasteiger charge is 2.27. The fourth-order valence-electron chi connectivity index (χ4n) is 21.9. The number of furan rings is 1. The number of rotatable bonds is 7. The SMILES string of the molecule is c1ccc(-n2c3ccccc3c3ccc(-c4nc(-n5c6cc7ccccc7cc6c6c7ccccc7ccc65)nc5ccccc45)cc32)cc1.c1ccc2cc3c(cc2c1)c1c2ccccc2ccc1n3-c1nc(-c2ccc3c(c2)oc2ccccc23)c2ccccc2n1.c1ccc2cc3c(cc2c1)c1c2ccccc2ccc1n3-c1nc(-c2ccc3c(c2)sc2ccccc23)c2ccccc2n1. The Balaban J connectivity index is 0.000000100. The summed E-state index contributed by atoms with van der Waals surface area (Å²) in [5.74, 6) is 1.99. The Labute approximate surface area is 791 Å². The van der Waals surface area contributed by atoms with Crippen molar-refractivity contribution in [3.8, 4) is 57.3 Å². The maximum atomic E-state index is 6.28. The molecule has 0 aliphatic carbocycles. The highest BCUT2D eigenvalue weighted by molar-refractivity contribution is 7.25. The molecule has 0 saturated carbocycles. The number of aromatic nitrogens is 10. The van der Waals surface area contributed by atoms with Crippen molar-refractivity contribution < 1.29 is 4.42 Å². The highest BCUT2D eigenvalue weighted by Crippen LogP contribution is 2.47. The molecule has 0 aliphatic rings. The molecule has 11 nitrogen and oxygen atoms in total. The second kappa shape index (κ2) is 30.6. The first-order chi connectivity index (χ1) is 68.4. The Morgan fingerprint density at radius 2 is 0.500 bits per heavy atom. The molecule has 31 aromatic rings. The van der Waals surface area contributed by atoms with Gasteiger partial charge in [0.05, 0.1) is 77.8 Å². The van der Waals surface area contributed by atoms with Gasteiger partial charge in [0, 0.05) is 113 Å². The molecule has 0 bridgehead atoms. The van der Waals surface area contributed by atoms with Crippen LogP contribution in [-0.2, 0) is 0 Å². The monoisotopic (exact) mass is 1770 g/mol. The van der Waals surface area contributed by atoms with E-state index in [0.29, 0.717) is 17.8 Å². The first kappa shape index (κ1) is 77.3. The number of hydrogen-bond donors (Lipinski definition) is 0. The van der Waals surface area contributed by atoms with Crippen LogP contribution in [0, 0.1) is 0 Å². The van der Waals surface area contributed by atoms with E-state index in [0.717, 1.165) is 133 Å². The van der Waals surface area contributed by atoms with Crippen LogP contribution in [0.1, 0.15) is 0 Å². The zero-order valence-electron chi connectivity index (χ0n) is 74.0. The lowest BCUT2D eigenvalue weighted by molar-refractivity contribution is 0.669. The lowest BCUT2D eigenvalue weighted by Crippen LogP contribution is -2.03. The van der Waals surface area contributed by atoms with Gasteiger partial charge in [0.1, 0.15) is 11.2 Å². The molecule has 0 N–H and O–H groups in total. The van der Waals surface area contributed by atoms with Gasteiger partial charge in [-0.05, 0) is 192 Å². The van der Waals surface area contributed by atoms with E-state index >= 15 is 0 Å². The van der Waals surface area contributed by atoms with Crippen molar-refractivity contribution in [2.75, 3.05) is 0 Å². The van der Waals surface area contributed by atoms with Crippen molar-refractivity contribution in [1.82, 2.24) is 48.2 Å². The lowest BCUT2D eigenvalue weighted by atomic mass is 10.0. The summed E-state index contributed by atoms with van der Waals surface area (Å²) >= 11 is 1.84. The molecule has 0 radical (unpaired) electrons. The minimum absolute atomic E-state index is 0.647. The van der Waals surface area contributed by atoms with Gasteiger partial charge in [-0.15, -0.1) is 11.3 Å². The van der Waals surface area contributed by atoms with E-state index in [2.05, 4.69) is 437 Å². The molecule has 0 saturated heterocycles. The van der Waals surface area contributed by atoms with Crippen LogP contribution in [0.25, 0.3) is 284 Å². The van der Waals surface area contributed by atoms with Gasteiger partial charge in [0.2, 0.25) is 17.8 Å². The van der Waals surface area contributed by atoms with Crippen molar-refractivity contribution in [2.24, 2.45) is 0 Å². The molecule has 0 fully saturated rings. The Kier molecular flexibility index (Phi) is 17.1. The molecule has 640 valence electrons. The van der Waals surface area contributed by atoms with E-state index in [1.54, 1.807) is 0 Å². The Morgan fingerprint density at radius 3 is 0.971 bits per heavy atom. The fourth-order valence-corrected chi connectivity index (χ4v) is 23.1. The molecule has 31 rings (SSSR count). The summed E-state index contributed by atoms with van der Waals surface area (Å²) in [4.78, 5) is 31.9. The van der Waals surface area contributed by atoms with E-state index in [1.807, 2.05) is 41.7 Å². The molecule has 0 amide bonds. The van der Waals surface area contributed by atoms with Gasteiger partial charge in [0.25, 0.3) is 0 Å². The summed E-state index contributed by atoms with van der Waals surface area (Å²) < 4.78 is 18.0. The number of thiophene rings is 1. The van der Waals surface area contributed by atoms with E-state index in [-0.39, 0.29) is 0 Å². The third-order valence-electron chi connectivity index (χ3n) is 28.2. The van der Waals surface area contributed by atoms with E-state index in [4.69, 9.17) is 34.3 Å². The third kappa shape index (κ3) is 12.1. The molecule has 138 heavy (non-hydrogen) atoms. The van der Waals surface area contributed by atoms with Crippen LogP contribution in [0.4, 0.5) is 0 Å². The van der Waals surface area contributed by atoms with E-state index < -0.39 is 0 Å². The van der Waals surface area contributed by atoms with Crippen LogP contribution in [-0.4, -0.2) is 48.2 Å². The Hall–Kier alpha value is -18.4. The molecule has 9 heterocycles. The normalized spacial score (nSPS) is 12.1. The highest BCUT2D eigenvalue weighted by atomic mass is 32.1. The predicted octanol–water partition coefficient (Wildman–Crippen LogP) is 33.5. The number of para-hydroxylation sites is 6. The summed E-state index contributed by atoms with van der Waals surface area (Å²) in [6.45, 7) is 0. The van der Waals surface area contributed by atoms with Gasteiger partial charge in [0.15, 0.2) is 0 Å². The standard InChI is InChI=1S/C46H28N4.C40H23N3O.C40H23N3S/c1-2-15-33(16-3-1)49-40-21-11-9-18-35(40)36-24-22-32(28-42(36)49)45-37-19-8-10-20-39(37)47-46(48-45)50-41-25-23-29-12-6-7-17-34(29)44(41)38-26-30-13-4-5-14-31(30)27-43(38)50;2*1-2-11-26-22-35-32(21-25(26)10-1)38-28-12-4-3-9-24(28)18-20-34(38)43(35)40-41-33-15-7-5-14-31(33)39(42-40)27-17-19-30-29-13-6-8-16-36(29)44-37(30)23-27/h1-28H;2*1-23H. The van der Waals surface area contributed by atoms with E-state index in [1.165, 1.54) is 133 Å². The summed E-state index contributed by atoms with van der Waals surface area (Å²) in [7, 11) is 0. The quantitative estimate of drug-likeness (QED) is 0.156. The van der Waals surface area contributed by atoms with Gasteiger partial charge in [-0.25, -0.2) is 29.9 Å². The van der Waals surface area contributed by atoms with Crippen molar-refractivity contribution in [3.63, 3.8) is 0 Å². The largest absolute Gasteiger partial charge is 0.456 e. The van der Waals surface area contributed by atoms with Crippen molar-refractivity contribution in [3.05, 3.63) is 449 Å². The molecular weight excluding hydrogens is 1700 g/mol. The van der Waals surface area contributed by atoms with Gasteiger partial charge in [-0.1, -0.05) is 322 Å². The van der Waals surface area contributed by atoms with Crippen molar-refractivity contribution >= 4 is 238 Å². The lowest BCUT2D eigenvalue weighted by Gasteiger charge is -2.13. The fraction of sp³-hybridized carbons (Fsp3) is 0. The predicted molar refractivity (Wildman–Crippen MR) is 577 cm³/mol. The maximum absolute atomic E-state index is 6.28. The molecule has 9 aromatic heterocycles. The average molecular weight is 1780 g/mol. The van der Waals surface area contributed by atoms with Crippen LogP contribution in [0.15, 0.2) is 453 Å². The van der Waals surface area contributed by atoms with Crippen LogP contribution in [0.3, 0.4) is 0 Å². The first-order valence-corrected chi connectivity index (χ1v) is 47.5. The van der Waals surface area contributed by atoms with Crippen LogP contribution in [0.2, 0.25) is 0 Å². The Bertz CT molecular complexity index is 10200. The smallest absolute Gasteiger partial charge is 0.235 e. The van der Waals surface area contributed by atoms with Gasteiger partial charge in [-0.3, -0.25) is 13.7 Å². The summed E-state index contributed by atoms with van der Waals surface area (Å²) in [6, 6.07) is 160. The van der Waals surface area contributed by atoms with Crippen LogP contribution < -0.4 is 0 Å². The molecule has 22 aromatic carbocycles. The molecular formula is C126H74N10OS. The first-order valence-electron chi connectivity index (χ1n) is 46.7. The number of nitrogens with zero attached hydrogens (tertiary/aromatic N) is 10. The third-order valence-corrected chi connectivity index (χ3v) is 29.3. The van der Waals surface area contributed by atoms with Crippen molar-refractivity contribution in [1.29, 1.82) is 0 Å². The summed E-state index contributed by atoms with van der Waals surface area (Å²) in [5.41, 5.74) is 20.4. The van der Waals surface area contributed by atoms with Crippen LogP contribution >= 0.6 is 11.3 Å². The summed E-state index contributed by atoms with van der Waals surface area (Å²) in [5, 5.41) is 32.2. The second-order valence-electron chi connectivity index (χ2n) is 35.9.